The summed E-state index contributed by atoms with van der Waals surface area (Å²) in [6.07, 6.45) is 17.5. The molecule has 3 nitrogen and oxygen atoms in total. The van der Waals surface area contributed by atoms with Crippen LogP contribution < -0.4 is 4.90 Å². The SMILES string of the molecule is C\C=C/C=C\C=C\c1cccc(N2CC(CCCCCC)OC2=O)c1. The summed E-state index contributed by atoms with van der Waals surface area (Å²) in [4.78, 5) is 13.9. The molecule has 0 N–H and O–H groups in total. The van der Waals surface area contributed by atoms with Crippen molar-refractivity contribution >= 4 is 17.9 Å². The average Bonchev–Trinajstić information content (AvgIpc) is 2.99. The van der Waals surface area contributed by atoms with Crippen LogP contribution in [0.4, 0.5) is 10.5 Å². The number of anilines is 1. The van der Waals surface area contributed by atoms with Crippen molar-refractivity contribution in [2.75, 3.05) is 11.4 Å². The lowest BCUT2D eigenvalue weighted by Gasteiger charge is -2.13. The third kappa shape index (κ3) is 6.26. The molecule has 0 bridgehead atoms. The molecule has 1 saturated heterocycles. The summed E-state index contributed by atoms with van der Waals surface area (Å²) < 4.78 is 5.52. The number of allylic oxidation sites excluding steroid dienone is 5. The Labute approximate surface area is 151 Å². The van der Waals surface area contributed by atoms with Crippen LogP contribution in [0.1, 0.15) is 51.5 Å². The molecule has 1 fully saturated rings. The van der Waals surface area contributed by atoms with Crippen molar-refractivity contribution in [1.82, 2.24) is 0 Å². The molecule has 3 heteroatoms. The molecule has 1 atom stereocenters. The third-order valence-electron chi connectivity index (χ3n) is 4.25. The molecule has 1 aliphatic rings. The van der Waals surface area contributed by atoms with Gasteiger partial charge in [0.2, 0.25) is 0 Å². The van der Waals surface area contributed by atoms with Crippen LogP contribution in [0.15, 0.2) is 54.6 Å². The number of rotatable bonds is 9. The zero-order chi connectivity index (χ0) is 17.9. The van der Waals surface area contributed by atoms with E-state index in [-0.39, 0.29) is 12.2 Å². The fourth-order valence-corrected chi connectivity index (χ4v) is 2.88. The number of benzene rings is 1. The Morgan fingerprint density at radius 2 is 2.00 bits per heavy atom. The number of carbonyl (C=O) groups excluding carboxylic acids is 1. The van der Waals surface area contributed by atoms with Gasteiger partial charge >= 0.3 is 6.09 Å². The summed E-state index contributed by atoms with van der Waals surface area (Å²) in [6, 6.07) is 8.01. The molecular formula is C22H29NO2. The van der Waals surface area contributed by atoms with E-state index in [0.29, 0.717) is 6.54 Å². The minimum Gasteiger partial charge on any atom is -0.444 e. The molecule has 0 saturated carbocycles. The maximum Gasteiger partial charge on any atom is 0.414 e. The first-order chi connectivity index (χ1) is 12.2. The van der Waals surface area contributed by atoms with Crippen LogP contribution in [-0.4, -0.2) is 18.7 Å². The van der Waals surface area contributed by atoms with Crippen molar-refractivity contribution < 1.29 is 9.53 Å². The van der Waals surface area contributed by atoms with Crippen LogP contribution in [0.25, 0.3) is 6.08 Å². The van der Waals surface area contributed by atoms with Crippen LogP contribution in [0.5, 0.6) is 0 Å². The van der Waals surface area contributed by atoms with E-state index in [9.17, 15) is 4.79 Å². The van der Waals surface area contributed by atoms with Gasteiger partial charge in [0, 0.05) is 5.69 Å². The predicted octanol–water partition coefficient (Wildman–Crippen LogP) is 6.13. The Morgan fingerprint density at radius 3 is 2.80 bits per heavy atom. The van der Waals surface area contributed by atoms with Gasteiger partial charge in [-0.3, -0.25) is 4.90 Å². The zero-order valence-corrected chi connectivity index (χ0v) is 15.4. The number of carbonyl (C=O) groups is 1. The molecule has 1 aromatic rings. The van der Waals surface area contributed by atoms with Gasteiger partial charge in [-0.2, -0.15) is 0 Å². The number of amides is 1. The Balaban J connectivity index is 1.94. The van der Waals surface area contributed by atoms with E-state index in [1.165, 1.54) is 19.3 Å². The molecule has 0 spiro atoms. The number of hydrogen-bond donors (Lipinski definition) is 0. The summed E-state index contributed by atoms with van der Waals surface area (Å²) in [5.41, 5.74) is 1.97. The molecule has 2 rings (SSSR count). The lowest BCUT2D eigenvalue weighted by molar-refractivity contribution is 0.135. The second-order valence-corrected chi connectivity index (χ2v) is 6.33. The highest BCUT2D eigenvalue weighted by molar-refractivity contribution is 5.90. The highest BCUT2D eigenvalue weighted by Gasteiger charge is 2.31. The summed E-state index contributed by atoms with van der Waals surface area (Å²) in [7, 11) is 0. The molecule has 0 aliphatic carbocycles. The molecule has 0 aromatic heterocycles. The predicted molar refractivity (Wildman–Crippen MR) is 106 cm³/mol. The lowest BCUT2D eigenvalue weighted by atomic mass is 10.1. The highest BCUT2D eigenvalue weighted by atomic mass is 16.6. The van der Waals surface area contributed by atoms with E-state index >= 15 is 0 Å². The molecular weight excluding hydrogens is 310 g/mol. The Morgan fingerprint density at radius 1 is 1.16 bits per heavy atom. The first-order valence-corrected chi connectivity index (χ1v) is 9.29. The Hall–Kier alpha value is -2.29. The molecule has 1 amide bonds. The molecule has 0 radical (unpaired) electrons. The third-order valence-corrected chi connectivity index (χ3v) is 4.25. The largest absolute Gasteiger partial charge is 0.444 e. The fraction of sp³-hybridized carbons (Fsp3) is 0.409. The van der Waals surface area contributed by atoms with Gasteiger partial charge in [-0.25, -0.2) is 4.79 Å². The van der Waals surface area contributed by atoms with Crippen molar-refractivity contribution in [2.24, 2.45) is 0 Å². The van der Waals surface area contributed by atoms with Crippen molar-refractivity contribution in [3.05, 3.63) is 60.2 Å². The van der Waals surface area contributed by atoms with Crippen LogP contribution in [0.2, 0.25) is 0 Å². The molecule has 25 heavy (non-hydrogen) atoms. The monoisotopic (exact) mass is 339 g/mol. The van der Waals surface area contributed by atoms with E-state index in [1.54, 1.807) is 4.90 Å². The molecule has 1 aliphatic heterocycles. The van der Waals surface area contributed by atoms with Crippen molar-refractivity contribution in [1.29, 1.82) is 0 Å². The smallest absolute Gasteiger partial charge is 0.414 e. The highest BCUT2D eigenvalue weighted by Crippen LogP contribution is 2.25. The van der Waals surface area contributed by atoms with E-state index in [4.69, 9.17) is 4.74 Å². The minimum atomic E-state index is -0.227. The first kappa shape index (κ1) is 19.0. The maximum absolute atomic E-state index is 12.2. The van der Waals surface area contributed by atoms with Crippen LogP contribution in [-0.2, 0) is 4.74 Å². The van der Waals surface area contributed by atoms with E-state index in [0.717, 1.165) is 24.1 Å². The van der Waals surface area contributed by atoms with Crippen molar-refractivity contribution in [3.8, 4) is 0 Å². The van der Waals surface area contributed by atoms with Gasteiger partial charge in [0.15, 0.2) is 0 Å². The lowest BCUT2D eigenvalue weighted by Crippen LogP contribution is -2.24. The fourth-order valence-electron chi connectivity index (χ4n) is 2.88. The van der Waals surface area contributed by atoms with Gasteiger partial charge < -0.3 is 4.74 Å². The summed E-state index contributed by atoms with van der Waals surface area (Å²) in [6.45, 7) is 4.85. The number of unbranched alkanes of at least 4 members (excludes halogenated alkanes) is 3. The van der Waals surface area contributed by atoms with E-state index in [1.807, 2.05) is 67.6 Å². The van der Waals surface area contributed by atoms with Gasteiger partial charge in [-0.1, -0.05) is 74.8 Å². The van der Waals surface area contributed by atoms with Crippen LogP contribution in [0.3, 0.4) is 0 Å². The van der Waals surface area contributed by atoms with Gasteiger partial charge in [0.1, 0.15) is 6.10 Å². The van der Waals surface area contributed by atoms with Crippen LogP contribution in [0, 0.1) is 0 Å². The standard InChI is InChI=1S/C22H29NO2/c1-3-5-7-9-10-13-19-14-12-15-20(17-19)23-18-21(25-22(23)24)16-11-8-6-4-2/h3,5,7,9-10,12-15,17,21H,4,6,8,11,16,18H2,1-2H3/b5-3-,9-7-,13-10+. The Bertz CT molecular complexity index is 631. The van der Waals surface area contributed by atoms with Crippen LogP contribution >= 0.6 is 0 Å². The summed E-state index contributed by atoms with van der Waals surface area (Å²) >= 11 is 0. The second-order valence-electron chi connectivity index (χ2n) is 6.33. The first-order valence-electron chi connectivity index (χ1n) is 9.29. The van der Waals surface area contributed by atoms with E-state index < -0.39 is 0 Å². The average molecular weight is 339 g/mol. The molecule has 134 valence electrons. The normalized spacial score (nSPS) is 18.1. The molecule has 1 unspecified atom stereocenters. The number of ether oxygens (including phenoxy) is 1. The summed E-state index contributed by atoms with van der Waals surface area (Å²) in [5, 5.41) is 0. The maximum atomic E-state index is 12.2. The molecule has 1 heterocycles. The van der Waals surface area contributed by atoms with Crippen molar-refractivity contribution in [2.45, 2.75) is 52.1 Å². The molecule has 1 aromatic carbocycles. The van der Waals surface area contributed by atoms with Crippen molar-refractivity contribution in [3.63, 3.8) is 0 Å². The second kappa shape index (κ2) is 10.5. The number of cyclic esters (lactones) is 1. The number of nitrogens with zero attached hydrogens (tertiary/aromatic N) is 1. The summed E-state index contributed by atoms with van der Waals surface area (Å²) in [5.74, 6) is 0. The number of hydrogen-bond acceptors (Lipinski definition) is 2. The quantitative estimate of drug-likeness (QED) is 0.400. The van der Waals surface area contributed by atoms with Gasteiger partial charge in [-0.15, -0.1) is 0 Å². The minimum absolute atomic E-state index is 0.0207. The topological polar surface area (TPSA) is 29.5 Å². The van der Waals surface area contributed by atoms with Gasteiger partial charge in [-0.05, 0) is 37.5 Å². The Kier molecular flexibility index (Phi) is 8.03. The van der Waals surface area contributed by atoms with E-state index in [2.05, 4.69) is 6.92 Å². The zero-order valence-electron chi connectivity index (χ0n) is 15.4. The van der Waals surface area contributed by atoms with Gasteiger partial charge in [0.25, 0.3) is 0 Å². The van der Waals surface area contributed by atoms with Gasteiger partial charge in [0.05, 0.1) is 6.54 Å².